The zero-order chi connectivity index (χ0) is 20.9. The van der Waals surface area contributed by atoms with E-state index in [4.69, 9.17) is 10.00 Å². The molecule has 0 unspecified atom stereocenters. The van der Waals surface area contributed by atoms with Gasteiger partial charge >= 0.3 is 0 Å². The Hall–Kier alpha value is -4.45. The maximum absolute atomic E-state index is 12.4. The quantitative estimate of drug-likeness (QED) is 0.511. The van der Waals surface area contributed by atoms with Crippen LogP contribution in [-0.2, 0) is 4.79 Å². The van der Waals surface area contributed by atoms with Crippen molar-refractivity contribution in [2.45, 2.75) is 0 Å². The van der Waals surface area contributed by atoms with E-state index in [1.807, 2.05) is 0 Å². The number of carbonyl (C=O) groups excluding carboxylic acids is 1. The summed E-state index contributed by atoms with van der Waals surface area (Å²) >= 11 is 0. The van der Waals surface area contributed by atoms with Crippen molar-refractivity contribution < 1.29 is 9.53 Å². The largest absolute Gasteiger partial charge is 0.457 e. The standard InChI is InChI=1S/C21H17N7O2/c1-28(21-19-20(24-12-23-19)25-13-26-21)11-18(29)27-15-4-8-17(9-5-15)30-16-6-2-14(10-22)3-7-16/h2-9,12-13H,11H2,1H3,(H,27,29)(H,23,24,25,26). The van der Waals surface area contributed by atoms with Crippen molar-refractivity contribution in [3.05, 3.63) is 66.7 Å². The first-order valence-corrected chi connectivity index (χ1v) is 9.05. The number of aromatic amines is 1. The molecule has 2 aromatic carbocycles. The van der Waals surface area contributed by atoms with Crippen molar-refractivity contribution in [3.8, 4) is 17.6 Å². The first kappa shape index (κ1) is 18.9. The number of amides is 1. The van der Waals surface area contributed by atoms with Gasteiger partial charge in [0.05, 0.1) is 24.5 Å². The molecule has 2 aromatic heterocycles. The Labute approximate surface area is 172 Å². The summed E-state index contributed by atoms with van der Waals surface area (Å²) in [6, 6.07) is 15.9. The number of benzene rings is 2. The lowest BCUT2D eigenvalue weighted by Crippen LogP contribution is -2.30. The third kappa shape index (κ3) is 4.18. The van der Waals surface area contributed by atoms with Crippen molar-refractivity contribution in [2.24, 2.45) is 0 Å². The number of anilines is 2. The number of hydrogen-bond donors (Lipinski definition) is 2. The fraction of sp³-hybridized carbons (Fsp3) is 0.0952. The lowest BCUT2D eigenvalue weighted by atomic mass is 10.2. The number of ether oxygens (including phenoxy) is 1. The number of nitriles is 1. The summed E-state index contributed by atoms with van der Waals surface area (Å²) in [6.07, 6.45) is 2.96. The second-order valence-corrected chi connectivity index (χ2v) is 6.47. The van der Waals surface area contributed by atoms with Crippen molar-refractivity contribution >= 4 is 28.6 Å². The summed E-state index contributed by atoms with van der Waals surface area (Å²) in [6.45, 7) is 0.106. The van der Waals surface area contributed by atoms with Gasteiger partial charge in [0.25, 0.3) is 0 Å². The zero-order valence-corrected chi connectivity index (χ0v) is 16.0. The second kappa shape index (κ2) is 8.28. The first-order valence-electron chi connectivity index (χ1n) is 9.05. The molecule has 30 heavy (non-hydrogen) atoms. The van der Waals surface area contributed by atoms with Crippen molar-refractivity contribution in [1.82, 2.24) is 19.9 Å². The number of fused-ring (bicyclic) bond motifs is 1. The molecule has 0 radical (unpaired) electrons. The molecule has 9 nitrogen and oxygen atoms in total. The van der Waals surface area contributed by atoms with Crippen LogP contribution in [0.15, 0.2) is 61.2 Å². The van der Waals surface area contributed by atoms with Gasteiger partial charge < -0.3 is 19.9 Å². The van der Waals surface area contributed by atoms with Crippen LogP contribution in [-0.4, -0.2) is 39.4 Å². The fourth-order valence-corrected chi connectivity index (χ4v) is 2.87. The molecule has 0 aliphatic rings. The van der Waals surface area contributed by atoms with Gasteiger partial charge in [0, 0.05) is 12.7 Å². The first-order chi connectivity index (χ1) is 14.6. The van der Waals surface area contributed by atoms with Crippen LogP contribution in [0.5, 0.6) is 11.5 Å². The van der Waals surface area contributed by atoms with Gasteiger partial charge in [0.1, 0.15) is 23.3 Å². The summed E-state index contributed by atoms with van der Waals surface area (Å²) in [5.74, 6) is 1.66. The van der Waals surface area contributed by atoms with Crippen LogP contribution in [0.3, 0.4) is 0 Å². The predicted molar refractivity (Wildman–Crippen MR) is 111 cm³/mol. The second-order valence-electron chi connectivity index (χ2n) is 6.47. The van der Waals surface area contributed by atoms with Gasteiger partial charge in [-0.05, 0) is 48.5 Å². The van der Waals surface area contributed by atoms with Gasteiger partial charge in [-0.3, -0.25) is 4.79 Å². The van der Waals surface area contributed by atoms with Crippen LogP contribution >= 0.6 is 0 Å². The Morgan fingerprint density at radius 1 is 1.10 bits per heavy atom. The van der Waals surface area contributed by atoms with Crippen LogP contribution in [0.4, 0.5) is 11.5 Å². The molecule has 9 heteroatoms. The van der Waals surface area contributed by atoms with Crippen LogP contribution in [0.25, 0.3) is 11.2 Å². The number of carbonyl (C=O) groups is 1. The van der Waals surface area contributed by atoms with E-state index >= 15 is 0 Å². The number of aromatic nitrogens is 4. The Balaban J connectivity index is 1.36. The minimum absolute atomic E-state index is 0.106. The van der Waals surface area contributed by atoms with Gasteiger partial charge in [-0.2, -0.15) is 5.26 Å². The van der Waals surface area contributed by atoms with E-state index in [2.05, 4.69) is 31.3 Å². The Kier molecular flexibility index (Phi) is 5.21. The van der Waals surface area contributed by atoms with Crippen molar-refractivity contribution in [2.75, 3.05) is 23.8 Å². The number of imidazole rings is 1. The zero-order valence-electron chi connectivity index (χ0n) is 16.0. The molecule has 2 heterocycles. The van der Waals surface area contributed by atoms with Crippen molar-refractivity contribution in [1.29, 1.82) is 5.26 Å². The Morgan fingerprint density at radius 3 is 2.50 bits per heavy atom. The summed E-state index contributed by atoms with van der Waals surface area (Å²) in [5.41, 5.74) is 2.44. The number of hydrogen-bond acceptors (Lipinski definition) is 7. The van der Waals surface area contributed by atoms with Crippen LogP contribution < -0.4 is 15.0 Å². The summed E-state index contributed by atoms with van der Waals surface area (Å²) in [5, 5.41) is 11.7. The van der Waals surface area contributed by atoms with Gasteiger partial charge in [0.2, 0.25) is 5.91 Å². The molecule has 0 aliphatic heterocycles. The topological polar surface area (TPSA) is 120 Å². The lowest BCUT2D eigenvalue weighted by Gasteiger charge is -2.17. The highest BCUT2D eigenvalue weighted by atomic mass is 16.5. The molecule has 1 amide bonds. The van der Waals surface area contributed by atoms with E-state index in [-0.39, 0.29) is 12.5 Å². The highest BCUT2D eigenvalue weighted by Crippen LogP contribution is 2.23. The third-order valence-electron chi connectivity index (χ3n) is 4.30. The van der Waals surface area contributed by atoms with Crippen LogP contribution in [0.1, 0.15) is 5.56 Å². The monoisotopic (exact) mass is 399 g/mol. The molecule has 0 spiro atoms. The maximum Gasteiger partial charge on any atom is 0.243 e. The number of H-pyrrole nitrogens is 1. The van der Waals surface area contributed by atoms with Crippen molar-refractivity contribution in [3.63, 3.8) is 0 Å². The molecule has 0 fully saturated rings. The smallest absolute Gasteiger partial charge is 0.243 e. The summed E-state index contributed by atoms with van der Waals surface area (Å²) in [4.78, 5) is 29.5. The molecule has 4 rings (SSSR count). The fourth-order valence-electron chi connectivity index (χ4n) is 2.87. The summed E-state index contributed by atoms with van der Waals surface area (Å²) in [7, 11) is 1.77. The molecule has 0 aliphatic carbocycles. The Bertz CT molecular complexity index is 1210. The summed E-state index contributed by atoms with van der Waals surface area (Å²) < 4.78 is 5.74. The van der Waals surface area contributed by atoms with Crippen LogP contribution in [0, 0.1) is 11.3 Å². The number of likely N-dealkylation sites (N-methyl/N-ethyl adjacent to an activating group) is 1. The normalized spacial score (nSPS) is 10.4. The predicted octanol–water partition coefficient (Wildman–Crippen LogP) is 3.09. The number of rotatable bonds is 6. The minimum atomic E-state index is -0.190. The minimum Gasteiger partial charge on any atom is -0.457 e. The van der Waals surface area contributed by atoms with E-state index in [1.54, 1.807) is 60.5 Å². The van der Waals surface area contributed by atoms with Crippen LogP contribution in [0.2, 0.25) is 0 Å². The molecular weight excluding hydrogens is 382 g/mol. The van der Waals surface area contributed by atoms with Gasteiger partial charge in [-0.1, -0.05) is 0 Å². The third-order valence-corrected chi connectivity index (χ3v) is 4.30. The SMILES string of the molecule is CN(CC(=O)Nc1ccc(Oc2ccc(C#N)cc2)cc1)c1ncnc2nc[nH]c12. The van der Waals surface area contributed by atoms with E-state index < -0.39 is 0 Å². The van der Waals surface area contributed by atoms with E-state index in [0.29, 0.717) is 39.7 Å². The molecule has 0 saturated carbocycles. The highest BCUT2D eigenvalue weighted by Gasteiger charge is 2.14. The molecular formula is C21H17N7O2. The number of nitrogens with zero attached hydrogens (tertiary/aromatic N) is 5. The molecule has 2 N–H and O–H groups in total. The van der Waals surface area contributed by atoms with Gasteiger partial charge in [-0.15, -0.1) is 0 Å². The highest BCUT2D eigenvalue weighted by molar-refractivity contribution is 5.95. The van der Waals surface area contributed by atoms with E-state index in [0.717, 1.165) is 0 Å². The lowest BCUT2D eigenvalue weighted by molar-refractivity contribution is -0.114. The molecule has 0 bridgehead atoms. The number of nitrogens with one attached hydrogen (secondary N) is 2. The van der Waals surface area contributed by atoms with E-state index in [9.17, 15) is 4.79 Å². The molecule has 4 aromatic rings. The average molecular weight is 399 g/mol. The average Bonchev–Trinajstić information content (AvgIpc) is 3.24. The van der Waals surface area contributed by atoms with E-state index in [1.165, 1.54) is 12.7 Å². The maximum atomic E-state index is 12.4. The molecule has 148 valence electrons. The van der Waals surface area contributed by atoms with Gasteiger partial charge in [0.15, 0.2) is 11.5 Å². The Morgan fingerprint density at radius 2 is 1.80 bits per heavy atom. The molecule has 0 atom stereocenters. The molecule has 0 saturated heterocycles. The van der Waals surface area contributed by atoms with Gasteiger partial charge in [-0.25, -0.2) is 15.0 Å².